The van der Waals surface area contributed by atoms with E-state index in [2.05, 4.69) is 0 Å². The Hall–Kier alpha value is -0.650. The fraction of sp³-hybridized carbons (Fsp3) is 0.923. The Morgan fingerprint density at radius 1 is 1.28 bits per heavy atom. The molecule has 0 radical (unpaired) electrons. The number of carbonyl (C=O) groups excluding carboxylic acids is 1. The number of hydrogen-bond acceptors (Lipinski definition) is 4. The summed E-state index contributed by atoms with van der Waals surface area (Å²) in [6, 6.07) is -0.354. The molecule has 1 amide bonds. The Balaban J connectivity index is 2.16. The second-order valence-corrected chi connectivity index (χ2v) is 5.10. The highest BCUT2D eigenvalue weighted by molar-refractivity contribution is 5.81. The molecule has 0 unspecified atom stereocenters. The summed E-state index contributed by atoms with van der Waals surface area (Å²) in [5.74, 6) is 0.0315. The molecular formula is C13H27N3O2. The number of nitrogens with two attached hydrogens (primary N) is 2. The maximum absolute atomic E-state index is 11.7. The predicted octanol–water partition coefficient (Wildman–Crippen LogP) is 0.470. The molecule has 18 heavy (non-hydrogen) atoms. The fourth-order valence-electron chi connectivity index (χ4n) is 2.24. The van der Waals surface area contributed by atoms with Gasteiger partial charge in [0.1, 0.15) is 0 Å². The van der Waals surface area contributed by atoms with Crippen molar-refractivity contribution in [2.24, 2.45) is 11.5 Å². The van der Waals surface area contributed by atoms with Gasteiger partial charge in [-0.1, -0.05) is 12.8 Å². The minimum Gasteiger partial charge on any atom is -0.376 e. The van der Waals surface area contributed by atoms with E-state index >= 15 is 0 Å². The number of likely N-dealkylation sites (N-methyl/N-ethyl adjacent to an activating group) is 1. The van der Waals surface area contributed by atoms with Crippen LogP contribution < -0.4 is 11.5 Å². The van der Waals surface area contributed by atoms with Crippen LogP contribution in [0.3, 0.4) is 0 Å². The van der Waals surface area contributed by atoms with Crippen molar-refractivity contribution in [3.8, 4) is 0 Å². The predicted molar refractivity (Wildman–Crippen MR) is 72.1 cm³/mol. The highest BCUT2D eigenvalue weighted by Gasteiger charge is 2.26. The van der Waals surface area contributed by atoms with Crippen LogP contribution in [-0.4, -0.2) is 49.7 Å². The molecule has 0 bridgehead atoms. The average Bonchev–Trinajstić information content (AvgIpc) is 2.48. The van der Waals surface area contributed by atoms with Crippen LogP contribution in [0.1, 0.15) is 38.5 Å². The highest BCUT2D eigenvalue weighted by Crippen LogP contribution is 2.13. The Morgan fingerprint density at radius 2 is 2.00 bits per heavy atom. The average molecular weight is 257 g/mol. The molecule has 0 aromatic carbocycles. The summed E-state index contributed by atoms with van der Waals surface area (Å²) in [5.41, 5.74) is 11.2. The van der Waals surface area contributed by atoms with Crippen molar-refractivity contribution in [1.82, 2.24) is 4.90 Å². The first-order chi connectivity index (χ1) is 8.65. The van der Waals surface area contributed by atoms with E-state index in [4.69, 9.17) is 16.2 Å². The topological polar surface area (TPSA) is 81.6 Å². The van der Waals surface area contributed by atoms with Crippen LogP contribution in [0.2, 0.25) is 0 Å². The summed E-state index contributed by atoms with van der Waals surface area (Å²) >= 11 is 0. The molecule has 5 nitrogen and oxygen atoms in total. The molecule has 0 aromatic heterocycles. The quantitative estimate of drug-likeness (QED) is 0.650. The summed E-state index contributed by atoms with van der Waals surface area (Å²) in [7, 11) is 1.80. The Kier molecular flexibility index (Phi) is 7.23. The molecule has 0 aliphatic carbocycles. The van der Waals surface area contributed by atoms with Crippen LogP contribution in [0.25, 0.3) is 0 Å². The van der Waals surface area contributed by atoms with Crippen LogP contribution in [-0.2, 0) is 9.53 Å². The van der Waals surface area contributed by atoms with Crippen LogP contribution in [0.5, 0.6) is 0 Å². The summed E-state index contributed by atoms with van der Waals surface area (Å²) in [6.45, 7) is 2.20. The second-order valence-electron chi connectivity index (χ2n) is 5.10. The lowest BCUT2D eigenvalue weighted by molar-refractivity contribution is -0.131. The molecule has 1 saturated heterocycles. The maximum atomic E-state index is 11.7. The molecule has 106 valence electrons. The lowest BCUT2D eigenvalue weighted by Crippen LogP contribution is -2.41. The zero-order valence-electron chi connectivity index (χ0n) is 11.4. The minimum absolute atomic E-state index is 0.0315. The molecule has 0 spiro atoms. The minimum atomic E-state index is -0.354. The van der Waals surface area contributed by atoms with Crippen molar-refractivity contribution in [3.63, 3.8) is 0 Å². The molecular weight excluding hydrogens is 230 g/mol. The molecule has 1 aliphatic heterocycles. The van der Waals surface area contributed by atoms with Gasteiger partial charge in [0, 0.05) is 20.2 Å². The number of hydrogen-bond donors (Lipinski definition) is 2. The number of likely N-dealkylation sites (tertiary alicyclic amines) is 1. The normalized spacial score (nSPS) is 25.3. The van der Waals surface area contributed by atoms with Gasteiger partial charge in [0.15, 0.2) is 0 Å². The van der Waals surface area contributed by atoms with Gasteiger partial charge in [0.2, 0.25) is 5.91 Å². The highest BCUT2D eigenvalue weighted by atomic mass is 16.5. The van der Waals surface area contributed by atoms with Crippen molar-refractivity contribution in [2.75, 3.05) is 26.7 Å². The monoisotopic (exact) mass is 257 g/mol. The third-order valence-corrected chi connectivity index (χ3v) is 3.42. The van der Waals surface area contributed by atoms with E-state index in [0.29, 0.717) is 6.54 Å². The number of amides is 1. The summed E-state index contributed by atoms with van der Waals surface area (Å²) in [5, 5.41) is 0. The third kappa shape index (κ3) is 5.33. The van der Waals surface area contributed by atoms with Crippen molar-refractivity contribution < 1.29 is 9.53 Å². The molecule has 1 heterocycles. The SMILES string of the molecule is CN1C[C@H](OCCCCCCN)CC[C@H](N)C1=O. The summed E-state index contributed by atoms with van der Waals surface area (Å²) in [4.78, 5) is 13.4. The van der Waals surface area contributed by atoms with E-state index < -0.39 is 0 Å². The van der Waals surface area contributed by atoms with Crippen molar-refractivity contribution >= 4 is 5.91 Å². The maximum Gasteiger partial charge on any atom is 0.239 e. The zero-order chi connectivity index (χ0) is 13.4. The first-order valence-electron chi connectivity index (χ1n) is 6.97. The van der Waals surface area contributed by atoms with Gasteiger partial charge in [-0.15, -0.1) is 0 Å². The van der Waals surface area contributed by atoms with E-state index in [9.17, 15) is 4.79 Å². The van der Waals surface area contributed by atoms with Gasteiger partial charge in [0.05, 0.1) is 12.1 Å². The first kappa shape index (κ1) is 15.4. The Labute approximate surface area is 110 Å². The molecule has 5 heteroatoms. The second kappa shape index (κ2) is 8.45. The van der Waals surface area contributed by atoms with Gasteiger partial charge in [-0.05, 0) is 32.2 Å². The molecule has 4 N–H and O–H groups in total. The van der Waals surface area contributed by atoms with E-state index in [0.717, 1.165) is 45.3 Å². The standard InChI is InChI=1S/C13H27N3O2/c1-16-10-11(6-7-12(15)13(16)17)18-9-5-3-2-4-8-14/h11-12H,2-10,14-15H2,1H3/t11-,12+/m1/s1. The molecule has 1 rings (SSSR count). The van der Waals surface area contributed by atoms with Crippen molar-refractivity contribution in [3.05, 3.63) is 0 Å². The Bertz CT molecular complexity index is 248. The smallest absolute Gasteiger partial charge is 0.239 e. The number of carbonyl (C=O) groups is 1. The number of ether oxygens (including phenoxy) is 1. The van der Waals surface area contributed by atoms with Gasteiger partial charge in [-0.25, -0.2) is 0 Å². The van der Waals surface area contributed by atoms with Crippen molar-refractivity contribution in [1.29, 1.82) is 0 Å². The van der Waals surface area contributed by atoms with Gasteiger partial charge < -0.3 is 21.1 Å². The van der Waals surface area contributed by atoms with Gasteiger partial charge >= 0.3 is 0 Å². The number of unbranched alkanes of at least 4 members (excludes halogenated alkanes) is 3. The van der Waals surface area contributed by atoms with Crippen LogP contribution in [0.15, 0.2) is 0 Å². The van der Waals surface area contributed by atoms with Crippen LogP contribution in [0.4, 0.5) is 0 Å². The zero-order valence-corrected chi connectivity index (χ0v) is 11.4. The van der Waals surface area contributed by atoms with Crippen molar-refractivity contribution in [2.45, 2.75) is 50.7 Å². The fourth-order valence-corrected chi connectivity index (χ4v) is 2.24. The lowest BCUT2D eigenvalue weighted by Gasteiger charge is -2.21. The van der Waals surface area contributed by atoms with E-state index in [-0.39, 0.29) is 18.1 Å². The van der Waals surface area contributed by atoms with Gasteiger partial charge in [0.25, 0.3) is 0 Å². The van der Waals surface area contributed by atoms with Gasteiger partial charge in [-0.2, -0.15) is 0 Å². The summed E-state index contributed by atoms with van der Waals surface area (Å²) in [6.07, 6.45) is 6.24. The van der Waals surface area contributed by atoms with Crippen LogP contribution in [0, 0.1) is 0 Å². The number of nitrogens with zero attached hydrogens (tertiary/aromatic N) is 1. The number of rotatable bonds is 7. The van der Waals surface area contributed by atoms with E-state index in [1.165, 1.54) is 6.42 Å². The third-order valence-electron chi connectivity index (χ3n) is 3.42. The van der Waals surface area contributed by atoms with Gasteiger partial charge in [-0.3, -0.25) is 4.79 Å². The van der Waals surface area contributed by atoms with E-state index in [1.54, 1.807) is 11.9 Å². The molecule has 0 aromatic rings. The van der Waals surface area contributed by atoms with Crippen LogP contribution >= 0.6 is 0 Å². The largest absolute Gasteiger partial charge is 0.376 e. The van der Waals surface area contributed by atoms with E-state index in [1.807, 2.05) is 0 Å². The lowest BCUT2D eigenvalue weighted by atomic mass is 10.1. The first-order valence-corrected chi connectivity index (χ1v) is 6.97. The molecule has 0 saturated carbocycles. The molecule has 1 aliphatic rings. The Morgan fingerprint density at radius 3 is 2.72 bits per heavy atom. The molecule has 2 atom stereocenters. The summed E-state index contributed by atoms with van der Waals surface area (Å²) < 4.78 is 5.83. The molecule has 1 fully saturated rings.